The minimum absolute atomic E-state index is 0.137. The number of aliphatic imine (C=N–C) groups is 1. The van der Waals surface area contributed by atoms with Gasteiger partial charge in [0.2, 0.25) is 0 Å². The molecule has 0 aliphatic carbocycles. The standard InChI is InChI=1S/C49H63FN6.3C4H10.C2H6/c1-7-43(23-22-34(2)52-6)56-33-46-44(37(56)5)31-42(50)32-45(46)39-24-27-55(28-25-39)26-15-10-8-9-12-17-38-18-16-21-41(30-38)47-29-35(3)53-49(54-47)48(36(4)51)40-19-13-11-14-20-40;3*1-3-4-2;1-2/h7,11,13-14,16,18-21,29-32,36,39,43,52-53H,1-2,5,8-10,12,15,17,22-28,33,51H2,3-4,6H3;3*3-4H2,1-2H3;1-2H3/b49-48-;;;;. The molecule has 2 unspecified atom stereocenters. The Balaban J connectivity index is 0.00000107. The molecule has 0 amide bonds. The zero-order chi connectivity index (χ0) is 51.8. The molecule has 0 radical (unpaired) electrons. The quantitative estimate of drug-likeness (QED) is 0.0733. The van der Waals surface area contributed by atoms with Crippen molar-refractivity contribution >= 4 is 17.0 Å². The summed E-state index contributed by atoms with van der Waals surface area (Å²) in [6.07, 6.45) is 23.2. The summed E-state index contributed by atoms with van der Waals surface area (Å²) in [6.45, 7) is 37.8. The molecule has 2 atom stereocenters. The average molecular weight is 960 g/mol. The lowest BCUT2D eigenvalue weighted by Gasteiger charge is -2.33. The first-order valence-corrected chi connectivity index (χ1v) is 27.6. The van der Waals surface area contributed by atoms with E-state index in [1.165, 1.54) is 87.3 Å². The molecule has 0 spiro atoms. The van der Waals surface area contributed by atoms with Crippen LogP contribution in [0.1, 0.15) is 205 Å². The van der Waals surface area contributed by atoms with Gasteiger partial charge in [0.05, 0.1) is 5.71 Å². The number of halogens is 1. The van der Waals surface area contributed by atoms with Gasteiger partial charge >= 0.3 is 0 Å². The third-order valence-electron chi connectivity index (χ3n) is 13.4. The van der Waals surface area contributed by atoms with E-state index in [0.29, 0.717) is 5.92 Å². The summed E-state index contributed by atoms with van der Waals surface area (Å²) in [7, 11) is 1.91. The van der Waals surface area contributed by atoms with E-state index in [2.05, 4.69) is 131 Å². The molecular formula is C63H99FN6. The molecule has 3 aromatic rings. The summed E-state index contributed by atoms with van der Waals surface area (Å²) in [5, 5.41) is 6.61. The predicted molar refractivity (Wildman–Crippen MR) is 308 cm³/mol. The number of aryl methyl sites for hydroxylation is 1. The van der Waals surface area contributed by atoms with Gasteiger partial charge in [0.1, 0.15) is 11.6 Å². The van der Waals surface area contributed by atoms with Crippen molar-refractivity contribution in [3.63, 3.8) is 0 Å². The molecule has 3 heterocycles. The SMILES string of the molecule is C=CC(CCC(=C)NC)N1Cc2c(cc(F)cc2C2CCN(CCCCCCCc3cccc(C4=N/C(=C(\c5ccccc5)C(C)N)NC(C)=C4)c3)CC2)C1=C.CC.CCCC.CCCC.CCCC. The van der Waals surface area contributed by atoms with Crippen molar-refractivity contribution in [1.29, 1.82) is 0 Å². The highest BCUT2D eigenvalue weighted by molar-refractivity contribution is 6.10. The Morgan fingerprint density at radius 2 is 1.49 bits per heavy atom. The number of rotatable bonds is 21. The minimum Gasteiger partial charge on any atom is -0.392 e. The van der Waals surface area contributed by atoms with E-state index < -0.39 is 0 Å². The van der Waals surface area contributed by atoms with Crippen LogP contribution in [0.25, 0.3) is 11.3 Å². The Hall–Kier alpha value is -4.72. The summed E-state index contributed by atoms with van der Waals surface area (Å²) < 4.78 is 15.0. The largest absolute Gasteiger partial charge is 0.392 e. The molecule has 4 N–H and O–H groups in total. The maximum Gasteiger partial charge on any atom is 0.136 e. The van der Waals surface area contributed by atoms with E-state index >= 15 is 4.39 Å². The highest BCUT2D eigenvalue weighted by Crippen LogP contribution is 2.42. The lowest BCUT2D eigenvalue weighted by molar-refractivity contribution is 0.207. The second kappa shape index (κ2) is 35.4. The highest BCUT2D eigenvalue weighted by atomic mass is 19.1. The number of hydrogen-bond acceptors (Lipinski definition) is 6. The van der Waals surface area contributed by atoms with Gasteiger partial charge in [-0.15, -0.1) is 6.58 Å². The molecular weight excluding hydrogens is 860 g/mol. The van der Waals surface area contributed by atoms with Gasteiger partial charge in [0, 0.05) is 59.5 Å². The fourth-order valence-electron chi connectivity index (χ4n) is 8.71. The van der Waals surface area contributed by atoms with E-state index in [1.54, 1.807) is 12.1 Å². The molecule has 0 saturated carbocycles. The summed E-state index contributed by atoms with van der Waals surface area (Å²) in [4.78, 5) is 9.99. The molecule has 388 valence electrons. The van der Waals surface area contributed by atoms with Gasteiger partial charge in [-0.25, -0.2) is 9.38 Å². The Kier molecular flexibility index (Phi) is 31.0. The van der Waals surface area contributed by atoms with Crippen molar-refractivity contribution in [2.45, 2.75) is 197 Å². The third-order valence-corrected chi connectivity index (χ3v) is 13.4. The smallest absolute Gasteiger partial charge is 0.136 e. The van der Waals surface area contributed by atoms with Crippen LogP contribution in [0.2, 0.25) is 0 Å². The van der Waals surface area contributed by atoms with Crippen molar-refractivity contribution < 1.29 is 4.39 Å². The molecule has 6 nitrogen and oxygen atoms in total. The van der Waals surface area contributed by atoms with Crippen molar-refractivity contribution in [2.75, 3.05) is 26.7 Å². The fraction of sp³-hybridized carbons (Fsp3) is 0.540. The molecule has 1 saturated heterocycles. The Morgan fingerprint density at radius 1 is 0.871 bits per heavy atom. The normalized spacial score (nSPS) is 15.8. The van der Waals surface area contributed by atoms with E-state index in [0.717, 1.165) is 109 Å². The van der Waals surface area contributed by atoms with E-state index in [4.69, 9.17) is 10.7 Å². The van der Waals surface area contributed by atoms with Crippen LogP contribution in [0, 0.1) is 5.82 Å². The first-order chi connectivity index (χ1) is 33.9. The first-order valence-electron chi connectivity index (χ1n) is 27.6. The van der Waals surface area contributed by atoms with Crippen molar-refractivity contribution in [3.8, 4) is 0 Å². The van der Waals surface area contributed by atoms with Crippen LogP contribution in [0.15, 0.2) is 121 Å². The molecule has 70 heavy (non-hydrogen) atoms. The second-order valence-electron chi connectivity index (χ2n) is 19.0. The summed E-state index contributed by atoms with van der Waals surface area (Å²) in [6, 6.07) is 22.6. The molecule has 6 rings (SSSR count). The number of nitrogens with one attached hydrogen (secondary N) is 2. The second-order valence-corrected chi connectivity index (χ2v) is 19.0. The van der Waals surface area contributed by atoms with Gasteiger partial charge in [0.15, 0.2) is 0 Å². The molecule has 7 heteroatoms. The molecule has 3 aliphatic rings. The highest BCUT2D eigenvalue weighted by Gasteiger charge is 2.32. The van der Waals surface area contributed by atoms with Gasteiger partial charge < -0.3 is 26.2 Å². The van der Waals surface area contributed by atoms with Gasteiger partial charge in [-0.2, -0.15) is 0 Å². The number of unbranched alkanes of at least 4 members (excludes halogenated alkanes) is 7. The van der Waals surface area contributed by atoms with Crippen LogP contribution in [0.4, 0.5) is 4.39 Å². The van der Waals surface area contributed by atoms with E-state index in [-0.39, 0.29) is 17.9 Å². The number of nitrogens with zero attached hydrogens (tertiary/aromatic N) is 3. The Labute approximate surface area is 429 Å². The number of hydrogen-bond donors (Lipinski definition) is 3. The van der Waals surface area contributed by atoms with Gasteiger partial charge in [0.25, 0.3) is 0 Å². The first kappa shape index (κ1) is 61.4. The molecule has 0 aromatic heterocycles. The fourth-order valence-corrected chi connectivity index (χ4v) is 8.71. The number of piperidine rings is 1. The average Bonchev–Trinajstić information content (AvgIpc) is 3.71. The third kappa shape index (κ3) is 20.6. The monoisotopic (exact) mass is 959 g/mol. The van der Waals surface area contributed by atoms with Crippen LogP contribution in [-0.2, 0) is 13.0 Å². The summed E-state index contributed by atoms with van der Waals surface area (Å²) in [5.41, 5.74) is 18.4. The number of nitrogens with two attached hydrogens (primary N) is 1. The van der Waals surface area contributed by atoms with Gasteiger partial charge in [-0.1, -0.05) is 181 Å². The number of fused-ring (bicyclic) bond motifs is 1. The van der Waals surface area contributed by atoms with Crippen LogP contribution in [0.3, 0.4) is 0 Å². The zero-order valence-electron chi connectivity index (χ0n) is 46.3. The van der Waals surface area contributed by atoms with Gasteiger partial charge in [-0.3, -0.25) is 0 Å². The molecule has 1 fully saturated rings. The van der Waals surface area contributed by atoms with Crippen LogP contribution in [0.5, 0.6) is 0 Å². The predicted octanol–water partition coefficient (Wildman–Crippen LogP) is 16.5. The lowest BCUT2D eigenvalue weighted by Crippen LogP contribution is -2.34. The summed E-state index contributed by atoms with van der Waals surface area (Å²) >= 11 is 0. The zero-order valence-corrected chi connectivity index (χ0v) is 46.3. The van der Waals surface area contributed by atoms with E-state index in [9.17, 15) is 0 Å². The number of likely N-dealkylation sites (tertiary alicyclic amines) is 1. The van der Waals surface area contributed by atoms with Crippen molar-refractivity contribution in [3.05, 3.63) is 155 Å². The summed E-state index contributed by atoms with van der Waals surface area (Å²) in [5.74, 6) is 1.06. The molecule has 3 aromatic carbocycles. The minimum atomic E-state index is -0.160. The maximum absolute atomic E-state index is 15.0. The molecule has 0 bridgehead atoms. The van der Waals surface area contributed by atoms with E-state index in [1.807, 2.05) is 52.1 Å². The van der Waals surface area contributed by atoms with Crippen LogP contribution >= 0.6 is 0 Å². The van der Waals surface area contributed by atoms with Crippen molar-refractivity contribution in [1.82, 2.24) is 20.4 Å². The maximum atomic E-state index is 15.0. The molecule has 3 aliphatic heterocycles. The number of benzene rings is 3. The van der Waals surface area contributed by atoms with Crippen LogP contribution in [-0.4, -0.2) is 54.3 Å². The lowest BCUT2D eigenvalue weighted by atomic mass is 9.85. The van der Waals surface area contributed by atoms with Crippen molar-refractivity contribution in [2.24, 2.45) is 10.7 Å². The van der Waals surface area contributed by atoms with Crippen LogP contribution < -0.4 is 16.4 Å². The Morgan fingerprint density at radius 3 is 2.07 bits per heavy atom. The topological polar surface area (TPSA) is 68.9 Å². The number of allylic oxidation sites excluding steroid dienone is 3. The Bertz CT molecular complexity index is 2040. The van der Waals surface area contributed by atoms with Gasteiger partial charge in [-0.05, 0) is 131 Å².